The normalized spacial score (nSPS) is 15.2. The highest BCUT2D eigenvalue weighted by molar-refractivity contribution is 5.63. The van der Waals surface area contributed by atoms with Crippen molar-refractivity contribution < 1.29 is 5.11 Å². The number of H-pyrrole nitrogens is 2. The molecule has 9 nitrogen and oxygen atoms in total. The Morgan fingerprint density at radius 3 is 2.77 bits per heavy atom. The summed E-state index contributed by atoms with van der Waals surface area (Å²) >= 11 is 0. The summed E-state index contributed by atoms with van der Waals surface area (Å²) in [4.78, 5) is 28.1. The highest BCUT2D eigenvalue weighted by atomic mass is 16.3. The lowest BCUT2D eigenvalue weighted by Crippen LogP contribution is -2.24. The Hall–Kier alpha value is -3.88. The van der Waals surface area contributed by atoms with Crippen LogP contribution >= 0.6 is 0 Å². The molecule has 0 radical (unpaired) electrons. The standard InChI is InChI=1S/C21H21N7O2/c1-2-27(15-6-4-3-5-7-15)17-11-18(23-14-8-9-14)28-19(25-17)13(12-22-28)10-16-20(29)26-21(30)24-16/h3-7,10-12,14,29H,2,8-9H2,1H3,(H2,24,26,30)/b13-10-,23-18?. The Morgan fingerprint density at radius 1 is 1.30 bits per heavy atom. The van der Waals surface area contributed by atoms with Crippen LogP contribution in [0.3, 0.4) is 0 Å². The minimum atomic E-state index is -0.477. The van der Waals surface area contributed by atoms with Crippen LogP contribution in [0.4, 0.5) is 11.5 Å². The lowest BCUT2D eigenvalue weighted by Gasteiger charge is -2.22. The second-order valence-electron chi connectivity index (χ2n) is 7.23. The molecule has 0 amide bonds. The fourth-order valence-corrected chi connectivity index (χ4v) is 3.41. The van der Waals surface area contributed by atoms with Gasteiger partial charge in [0.05, 0.1) is 12.2 Å². The van der Waals surface area contributed by atoms with Gasteiger partial charge in [-0.2, -0.15) is 9.61 Å². The molecule has 0 unspecified atom stereocenters. The van der Waals surface area contributed by atoms with Gasteiger partial charge in [0.25, 0.3) is 0 Å². The largest absolute Gasteiger partial charge is 0.493 e. The van der Waals surface area contributed by atoms with E-state index < -0.39 is 5.69 Å². The molecule has 5 rings (SSSR count). The van der Waals surface area contributed by atoms with Gasteiger partial charge >= 0.3 is 5.69 Å². The number of nitrogens with zero attached hydrogens (tertiary/aromatic N) is 5. The maximum absolute atomic E-state index is 11.5. The lowest BCUT2D eigenvalue weighted by atomic mass is 10.3. The van der Waals surface area contributed by atoms with Crippen LogP contribution in [0.1, 0.15) is 25.5 Å². The minimum Gasteiger partial charge on any atom is -0.493 e. The van der Waals surface area contributed by atoms with Crippen LogP contribution in [-0.2, 0) is 0 Å². The summed E-state index contributed by atoms with van der Waals surface area (Å²) in [5.41, 5.74) is 2.17. The molecule has 1 saturated carbocycles. The van der Waals surface area contributed by atoms with E-state index in [-0.39, 0.29) is 11.6 Å². The molecule has 0 bridgehead atoms. The van der Waals surface area contributed by atoms with Crippen LogP contribution in [-0.4, -0.2) is 42.3 Å². The molecule has 1 aliphatic rings. The van der Waals surface area contributed by atoms with Crippen LogP contribution in [0.25, 0.3) is 11.7 Å². The van der Waals surface area contributed by atoms with E-state index in [2.05, 4.69) is 26.9 Å². The van der Waals surface area contributed by atoms with Gasteiger partial charge in [-0.3, -0.25) is 9.98 Å². The third-order valence-electron chi connectivity index (χ3n) is 5.02. The number of fused-ring (bicyclic) bond motifs is 1. The number of aromatic hydroxyl groups is 1. The van der Waals surface area contributed by atoms with E-state index in [1.54, 1.807) is 16.8 Å². The molecule has 1 aliphatic carbocycles. The summed E-state index contributed by atoms with van der Waals surface area (Å²) < 4.78 is 1.70. The van der Waals surface area contributed by atoms with E-state index in [0.717, 1.165) is 36.4 Å². The van der Waals surface area contributed by atoms with E-state index in [4.69, 9.17) is 9.98 Å². The van der Waals surface area contributed by atoms with Crippen molar-refractivity contribution in [3.63, 3.8) is 0 Å². The second-order valence-corrected chi connectivity index (χ2v) is 7.23. The number of aromatic nitrogens is 5. The van der Waals surface area contributed by atoms with Gasteiger partial charge in [0.2, 0.25) is 5.88 Å². The van der Waals surface area contributed by atoms with E-state index in [1.807, 2.05) is 36.4 Å². The van der Waals surface area contributed by atoms with Gasteiger partial charge < -0.3 is 15.0 Å². The SMILES string of the molecule is CCN(c1ccccc1)c1cc(=NC2CC2)n2nc/c(=C/c3[nH]c(=O)[nH]c3O)c2n1. The second kappa shape index (κ2) is 7.18. The highest BCUT2D eigenvalue weighted by Gasteiger charge is 2.21. The summed E-state index contributed by atoms with van der Waals surface area (Å²) in [7, 11) is 0. The van der Waals surface area contributed by atoms with Crippen molar-refractivity contribution in [3.8, 4) is 5.88 Å². The molecule has 0 saturated heterocycles. The Labute approximate surface area is 171 Å². The molecule has 1 fully saturated rings. The molecular formula is C21H21N7O2. The van der Waals surface area contributed by atoms with Crippen molar-refractivity contribution >= 4 is 23.2 Å². The van der Waals surface area contributed by atoms with Crippen LogP contribution in [0.5, 0.6) is 5.88 Å². The summed E-state index contributed by atoms with van der Waals surface area (Å²) in [6.45, 7) is 2.80. The predicted molar refractivity (Wildman–Crippen MR) is 113 cm³/mol. The first-order valence-corrected chi connectivity index (χ1v) is 9.90. The number of rotatable bonds is 5. The topological polar surface area (TPSA) is 115 Å². The lowest BCUT2D eigenvalue weighted by molar-refractivity contribution is 0.454. The highest BCUT2D eigenvalue weighted by Crippen LogP contribution is 2.24. The number of hydrogen-bond donors (Lipinski definition) is 3. The smallest absolute Gasteiger partial charge is 0.326 e. The first kappa shape index (κ1) is 18.2. The molecule has 9 heteroatoms. The molecule has 1 aromatic carbocycles. The summed E-state index contributed by atoms with van der Waals surface area (Å²) in [5, 5.41) is 15.0. The van der Waals surface area contributed by atoms with Crippen LogP contribution in [0.15, 0.2) is 52.4 Å². The molecule has 4 aromatic rings. The Bertz CT molecular complexity index is 1380. The molecule has 3 N–H and O–H groups in total. The van der Waals surface area contributed by atoms with Crippen LogP contribution < -0.4 is 21.3 Å². The Morgan fingerprint density at radius 2 is 2.10 bits per heavy atom. The molecule has 3 aromatic heterocycles. The zero-order chi connectivity index (χ0) is 20.7. The van der Waals surface area contributed by atoms with Crippen molar-refractivity contribution in [3.05, 3.63) is 69.5 Å². The minimum absolute atomic E-state index is 0.224. The van der Waals surface area contributed by atoms with E-state index in [0.29, 0.717) is 16.9 Å². The monoisotopic (exact) mass is 403 g/mol. The first-order valence-electron chi connectivity index (χ1n) is 9.90. The van der Waals surface area contributed by atoms with Gasteiger partial charge in [-0.25, -0.2) is 9.78 Å². The summed E-state index contributed by atoms with van der Waals surface area (Å²) in [5.74, 6) is 0.537. The average molecular weight is 403 g/mol. The third-order valence-corrected chi connectivity index (χ3v) is 5.02. The van der Waals surface area contributed by atoms with Gasteiger partial charge in [0, 0.05) is 23.5 Å². The van der Waals surface area contributed by atoms with E-state index >= 15 is 0 Å². The van der Waals surface area contributed by atoms with Crippen molar-refractivity contribution in [1.29, 1.82) is 0 Å². The molecule has 30 heavy (non-hydrogen) atoms. The summed E-state index contributed by atoms with van der Waals surface area (Å²) in [6.07, 6.45) is 5.45. The maximum atomic E-state index is 11.5. The number of aromatic amines is 2. The number of anilines is 2. The molecule has 152 valence electrons. The number of para-hydroxylation sites is 1. The number of benzene rings is 1. The third kappa shape index (κ3) is 3.34. The van der Waals surface area contributed by atoms with Crippen molar-refractivity contribution in [1.82, 2.24) is 24.6 Å². The Balaban J connectivity index is 1.74. The van der Waals surface area contributed by atoms with E-state index in [9.17, 15) is 9.90 Å². The van der Waals surface area contributed by atoms with Crippen molar-refractivity contribution in [2.24, 2.45) is 4.99 Å². The van der Waals surface area contributed by atoms with Crippen molar-refractivity contribution in [2.45, 2.75) is 25.8 Å². The molecule has 3 heterocycles. The quantitative estimate of drug-likeness (QED) is 0.464. The molecular weight excluding hydrogens is 382 g/mol. The number of hydrogen-bond acceptors (Lipinski definition) is 6. The van der Waals surface area contributed by atoms with E-state index in [1.165, 1.54) is 0 Å². The van der Waals surface area contributed by atoms with Gasteiger partial charge in [-0.05, 0) is 38.0 Å². The van der Waals surface area contributed by atoms with Gasteiger partial charge in [0.15, 0.2) is 11.1 Å². The Kier molecular flexibility index (Phi) is 4.35. The fourth-order valence-electron chi connectivity index (χ4n) is 3.41. The van der Waals surface area contributed by atoms with Crippen molar-refractivity contribution in [2.75, 3.05) is 11.4 Å². The molecule has 0 atom stereocenters. The first-order chi connectivity index (χ1) is 14.6. The summed E-state index contributed by atoms with van der Waals surface area (Å²) in [6, 6.07) is 12.3. The van der Waals surface area contributed by atoms with Crippen LogP contribution in [0.2, 0.25) is 0 Å². The van der Waals surface area contributed by atoms with Crippen LogP contribution in [0, 0.1) is 0 Å². The molecule has 0 aliphatic heterocycles. The van der Waals surface area contributed by atoms with Gasteiger partial charge in [-0.1, -0.05) is 18.2 Å². The van der Waals surface area contributed by atoms with Gasteiger partial charge in [-0.15, -0.1) is 0 Å². The fraction of sp³-hybridized carbons (Fsp3) is 0.238. The maximum Gasteiger partial charge on any atom is 0.326 e. The zero-order valence-corrected chi connectivity index (χ0v) is 16.4. The van der Waals surface area contributed by atoms with Gasteiger partial charge in [0.1, 0.15) is 11.5 Å². The zero-order valence-electron chi connectivity index (χ0n) is 16.4. The number of imidazole rings is 1. The predicted octanol–water partition coefficient (Wildman–Crippen LogP) is 1.22. The number of nitrogens with one attached hydrogen (secondary N) is 2. The molecule has 0 spiro atoms. The average Bonchev–Trinajstić information content (AvgIpc) is 3.38.